The highest BCUT2D eigenvalue weighted by molar-refractivity contribution is 6.31. The average Bonchev–Trinajstić information content (AvgIpc) is 2.96. The van der Waals surface area contributed by atoms with Crippen LogP contribution in [0.5, 0.6) is 5.75 Å². The van der Waals surface area contributed by atoms with Gasteiger partial charge in [0.05, 0.1) is 0 Å². The molecule has 1 N–H and O–H groups in total. The van der Waals surface area contributed by atoms with E-state index < -0.39 is 0 Å². The van der Waals surface area contributed by atoms with E-state index in [-0.39, 0.29) is 39.0 Å². The summed E-state index contributed by atoms with van der Waals surface area (Å²) >= 11 is 0. The van der Waals surface area contributed by atoms with Crippen LogP contribution in [0.15, 0.2) is 79.4 Å². The van der Waals surface area contributed by atoms with Gasteiger partial charge in [0.25, 0.3) is 5.91 Å². The van der Waals surface area contributed by atoms with E-state index in [1.165, 1.54) is 6.08 Å². The van der Waals surface area contributed by atoms with Gasteiger partial charge < -0.3 is 14.6 Å². The summed E-state index contributed by atoms with van der Waals surface area (Å²) in [6, 6.07) is 20.3. The molecule has 214 valence electrons. The van der Waals surface area contributed by atoms with Gasteiger partial charge in [0.15, 0.2) is 0 Å². The summed E-state index contributed by atoms with van der Waals surface area (Å²) in [5, 5.41) is 3.02. The van der Waals surface area contributed by atoms with Crippen LogP contribution < -0.4 is 9.74 Å². The number of amides is 2. The van der Waals surface area contributed by atoms with Crippen molar-refractivity contribution in [3.63, 3.8) is 0 Å². The molecule has 3 aromatic carbocycles. The van der Waals surface area contributed by atoms with Crippen LogP contribution in [0, 0.1) is 12.7 Å². The number of benzene rings is 3. The third kappa shape index (κ3) is 7.71. The van der Waals surface area contributed by atoms with Crippen LogP contribution in [0.2, 0.25) is 0 Å². The van der Waals surface area contributed by atoms with Crippen LogP contribution in [0.1, 0.15) is 59.3 Å². The zero-order chi connectivity index (χ0) is 29.5. The molecule has 0 aliphatic carbocycles. The monoisotopic (exact) mass is 571 g/mol. The number of carbonyl (C=O) groups excluding carboxylic acids is 2. The summed E-state index contributed by atoms with van der Waals surface area (Å²) in [6.07, 6.45) is 1.36. The van der Waals surface area contributed by atoms with E-state index in [9.17, 15) is 14.0 Å². The fourth-order valence-corrected chi connectivity index (χ4v) is 6.12. The Balaban J connectivity index is 1.43. The predicted octanol–water partition coefficient (Wildman–Crippen LogP) is 5.97. The molecule has 1 aliphatic heterocycles. The number of carbonyl (C=O) groups is 2. The second kappa shape index (κ2) is 13.7. The van der Waals surface area contributed by atoms with E-state index in [1.807, 2.05) is 42.2 Å². The molecular weight excluding hydrogens is 533 g/mol. The van der Waals surface area contributed by atoms with Crippen LogP contribution in [0.25, 0.3) is 0 Å². The van der Waals surface area contributed by atoms with Gasteiger partial charge in [-0.25, -0.2) is 4.39 Å². The zero-order valence-electron chi connectivity index (χ0n) is 24.2. The van der Waals surface area contributed by atoms with Gasteiger partial charge in [-0.15, -0.1) is 0 Å². The Morgan fingerprint density at radius 2 is 1.85 bits per heavy atom. The molecule has 3 aromatic rings. The number of hydrogen-bond donors (Lipinski definition) is 1. The van der Waals surface area contributed by atoms with Crippen LogP contribution in [-0.2, 0) is 4.79 Å². The van der Waals surface area contributed by atoms with E-state index in [0.717, 1.165) is 29.9 Å². The second-order valence-electron chi connectivity index (χ2n) is 10.8. The van der Waals surface area contributed by atoms with Gasteiger partial charge in [0.2, 0.25) is 5.91 Å². The first-order chi connectivity index (χ1) is 19.7. The largest absolute Gasteiger partial charge is 0.540 e. The number of hydrogen-bond acceptors (Lipinski definition) is 4. The minimum Gasteiger partial charge on any atom is -0.540 e. The SMILES string of the molecule is C=CC(=O)N1CCN(CC([Si]Oc2ccc(C(=O)Nc3ccccc3C(C)C)cc2)c2ccc(C)c(F)c2)C[C@H]1C. The summed E-state index contributed by atoms with van der Waals surface area (Å²) in [7, 11) is 0.0359. The van der Waals surface area contributed by atoms with Crippen molar-refractivity contribution in [1.82, 2.24) is 9.80 Å². The Kier molecular flexibility index (Phi) is 10.1. The molecule has 0 bridgehead atoms. The first-order valence-electron chi connectivity index (χ1n) is 14.0. The fourth-order valence-electron chi connectivity index (χ4n) is 5.06. The number of nitrogens with one attached hydrogen (secondary N) is 1. The zero-order valence-corrected chi connectivity index (χ0v) is 25.2. The maximum atomic E-state index is 14.5. The Morgan fingerprint density at radius 1 is 1.12 bits per heavy atom. The lowest BCUT2D eigenvalue weighted by Crippen LogP contribution is -2.54. The molecule has 1 heterocycles. The molecule has 0 saturated carbocycles. The Hall–Kier alpha value is -3.75. The number of halogens is 1. The molecule has 2 radical (unpaired) electrons. The molecule has 2 atom stereocenters. The summed E-state index contributed by atoms with van der Waals surface area (Å²) in [5.74, 6) is 0.473. The molecule has 8 heteroatoms. The minimum atomic E-state index is -0.235. The lowest BCUT2D eigenvalue weighted by Gasteiger charge is -2.40. The molecule has 2 amide bonds. The van der Waals surface area contributed by atoms with E-state index in [1.54, 1.807) is 43.3 Å². The van der Waals surface area contributed by atoms with Crippen molar-refractivity contribution < 1.29 is 18.4 Å². The Labute approximate surface area is 245 Å². The second-order valence-corrected chi connectivity index (χ2v) is 12.0. The number of aryl methyl sites for hydroxylation is 1. The Morgan fingerprint density at radius 3 is 2.51 bits per heavy atom. The van der Waals surface area contributed by atoms with Crippen LogP contribution in [0.3, 0.4) is 0 Å². The number of nitrogens with zero attached hydrogens (tertiary/aromatic N) is 2. The quantitative estimate of drug-likeness (QED) is 0.241. The highest BCUT2D eigenvalue weighted by atomic mass is 28.2. The average molecular weight is 572 g/mol. The highest BCUT2D eigenvalue weighted by Crippen LogP contribution is 2.25. The minimum absolute atomic E-state index is 0.0359. The lowest BCUT2D eigenvalue weighted by molar-refractivity contribution is -0.130. The standard InChI is InChI=1S/C33H38FN3O3Si/c1-6-32(38)37-18-17-36(20-24(37)5)21-31(26-12-11-23(4)29(34)19-26)41-40-27-15-13-25(14-16-27)33(39)35-30-10-8-7-9-28(30)22(2)3/h6-16,19,22,24,31H,1,17-18,20-21H2,2-5H3,(H,35,39)/t24-,31?/m1/s1. The molecule has 4 rings (SSSR count). The van der Waals surface area contributed by atoms with Gasteiger partial charge in [0.1, 0.15) is 11.6 Å². The Bertz CT molecular complexity index is 1380. The first kappa shape index (κ1) is 30.2. The van der Waals surface area contributed by atoms with Gasteiger partial charge in [0, 0.05) is 49.0 Å². The number of rotatable bonds is 10. The summed E-state index contributed by atoms with van der Waals surface area (Å²) in [5.41, 5.74) is 3.86. The fraction of sp³-hybridized carbons (Fsp3) is 0.333. The van der Waals surface area contributed by atoms with Crippen LogP contribution in [0.4, 0.5) is 10.1 Å². The molecule has 1 aliphatic rings. The van der Waals surface area contributed by atoms with Crippen molar-refractivity contribution in [2.45, 2.75) is 45.2 Å². The summed E-state index contributed by atoms with van der Waals surface area (Å²) in [4.78, 5) is 29.2. The van der Waals surface area contributed by atoms with Crippen molar-refractivity contribution in [3.05, 3.63) is 107 Å². The van der Waals surface area contributed by atoms with Crippen LogP contribution >= 0.6 is 0 Å². The number of piperazine rings is 1. The van der Waals surface area contributed by atoms with Gasteiger partial charge in [-0.05, 0) is 78.9 Å². The van der Waals surface area contributed by atoms with E-state index in [0.29, 0.717) is 35.9 Å². The smallest absolute Gasteiger partial charge is 0.320 e. The molecule has 1 saturated heterocycles. The van der Waals surface area contributed by atoms with E-state index >= 15 is 0 Å². The number of anilines is 1. The van der Waals surface area contributed by atoms with Crippen molar-refractivity contribution in [2.24, 2.45) is 0 Å². The van der Waals surface area contributed by atoms with E-state index in [4.69, 9.17) is 4.43 Å². The molecule has 1 unspecified atom stereocenters. The third-order valence-corrected chi connectivity index (χ3v) is 8.63. The maximum Gasteiger partial charge on any atom is 0.320 e. The van der Waals surface area contributed by atoms with Gasteiger partial charge in [-0.3, -0.25) is 14.5 Å². The predicted molar refractivity (Wildman–Crippen MR) is 163 cm³/mol. The molecular formula is C33H38FN3O3Si. The van der Waals surface area contributed by atoms with Crippen LogP contribution in [-0.4, -0.2) is 63.6 Å². The summed E-state index contributed by atoms with van der Waals surface area (Å²) < 4.78 is 20.7. The van der Waals surface area contributed by atoms with Gasteiger partial charge in [-0.1, -0.05) is 50.8 Å². The third-order valence-electron chi connectivity index (χ3n) is 7.47. The maximum absolute atomic E-state index is 14.5. The molecule has 41 heavy (non-hydrogen) atoms. The van der Waals surface area contributed by atoms with Gasteiger partial charge in [-0.2, -0.15) is 0 Å². The van der Waals surface area contributed by atoms with Crippen molar-refractivity contribution in [3.8, 4) is 5.75 Å². The first-order valence-corrected chi connectivity index (χ1v) is 15.0. The van der Waals surface area contributed by atoms with Gasteiger partial charge >= 0.3 is 9.76 Å². The topological polar surface area (TPSA) is 61.9 Å². The molecule has 6 nitrogen and oxygen atoms in total. The molecule has 0 spiro atoms. The van der Waals surface area contributed by atoms with E-state index in [2.05, 4.69) is 30.6 Å². The lowest BCUT2D eigenvalue weighted by atomic mass is 10.0. The molecule has 1 fully saturated rings. The summed E-state index contributed by atoms with van der Waals surface area (Å²) in [6.45, 7) is 14.3. The number of para-hydroxylation sites is 1. The van der Waals surface area contributed by atoms with Crippen molar-refractivity contribution in [2.75, 3.05) is 31.5 Å². The highest BCUT2D eigenvalue weighted by Gasteiger charge is 2.29. The van der Waals surface area contributed by atoms with Crippen molar-refractivity contribution in [1.29, 1.82) is 0 Å². The molecule has 0 aromatic heterocycles. The normalized spacial score (nSPS) is 16.3. The van der Waals surface area contributed by atoms with Crippen molar-refractivity contribution >= 4 is 27.3 Å².